The van der Waals surface area contributed by atoms with Gasteiger partial charge >= 0.3 is 0 Å². The maximum Gasteiger partial charge on any atom is 0.196 e. The monoisotopic (exact) mass is 313 g/mol. The first kappa shape index (κ1) is 14.9. The van der Waals surface area contributed by atoms with E-state index in [9.17, 15) is 4.79 Å². The van der Waals surface area contributed by atoms with Gasteiger partial charge in [0.2, 0.25) is 0 Å². The first-order valence-corrected chi connectivity index (χ1v) is 8.56. The van der Waals surface area contributed by atoms with E-state index in [1.807, 2.05) is 36.0 Å². The van der Waals surface area contributed by atoms with Crippen molar-refractivity contribution in [1.29, 1.82) is 0 Å². The molecule has 5 heteroatoms. The summed E-state index contributed by atoms with van der Waals surface area (Å²) in [5.74, 6) is 2.61. The maximum absolute atomic E-state index is 11.9. The summed E-state index contributed by atoms with van der Waals surface area (Å²) in [6.07, 6.45) is 0. The van der Waals surface area contributed by atoms with Gasteiger partial charge in [-0.1, -0.05) is 36.4 Å². The number of nitrogens with one attached hydrogen (secondary N) is 1. The van der Waals surface area contributed by atoms with Gasteiger partial charge in [0.15, 0.2) is 11.6 Å². The molecule has 1 aliphatic rings. The number of hydrogen-bond donors (Lipinski definition) is 1. The Morgan fingerprint density at radius 1 is 1.14 bits per heavy atom. The predicted octanol–water partition coefficient (Wildman–Crippen LogP) is 3.20. The number of hydrazone groups is 1. The van der Waals surface area contributed by atoms with E-state index in [0.717, 1.165) is 41.1 Å². The molecular weight excluding hydrogens is 294 g/mol. The van der Waals surface area contributed by atoms with Crippen LogP contribution in [0, 0.1) is 0 Å². The van der Waals surface area contributed by atoms with E-state index in [1.165, 1.54) is 0 Å². The van der Waals surface area contributed by atoms with E-state index in [0.29, 0.717) is 5.84 Å². The standard InChI is InChI=1S/C17H19N3OS/c1-13(21)17(20-9-11-22-12-10-20)19-18-16-8-4-6-14-5-2-3-7-15(14)16/h2-8,18H,9-12H2,1H3. The number of Topliss-reactive ketones (excluding diaryl/α,β-unsaturated/α-hetero) is 1. The zero-order chi connectivity index (χ0) is 15.4. The van der Waals surface area contributed by atoms with Gasteiger partial charge in [-0.15, -0.1) is 0 Å². The molecule has 0 saturated carbocycles. The SMILES string of the molecule is CC(=O)C(=NNc1cccc2ccccc12)N1CCSCC1. The lowest BCUT2D eigenvalue weighted by atomic mass is 10.1. The summed E-state index contributed by atoms with van der Waals surface area (Å²) in [6.45, 7) is 3.33. The predicted molar refractivity (Wildman–Crippen MR) is 94.6 cm³/mol. The van der Waals surface area contributed by atoms with Gasteiger partial charge in [-0.2, -0.15) is 16.9 Å². The fourth-order valence-corrected chi connectivity index (χ4v) is 3.49. The van der Waals surface area contributed by atoms with Crippen LogP contribution in [0.25, 0.3) is 10.8 Å². The number of carbonyl (C=O) groups excluding carboxylic acids is 1. The Morgan fingerprint density at radius 3 is 2.64 bits per heavy atom. The second-order valence-corrected chi connectivity index (χ2v) is 6.45. The van der Waals surface area contributed by atoms with Gasteiger partial charge in [0.25, 0.3) is 0 Å². The van der Waals surface area contributed by atoms with E-state index >= 15 is 0 Å². The van der Waals surface area contributed by atoms with E-state index in [-0.39, 0.29) is 5.78 Å². The lowest BCUT2D eigenvalue weighted by Gasteiger charge is -2.28. The zero-order valence-electron chi connectivity index (χ0n) is 12.6. The van der Waals surface area contributed by atoms with Crippen LogP contribution in [0.2, 0.25) is 0 Å². The van der Waals surface area contributed by atoms with Crippen molar-refractivity contribution in [2.45, 2.75) is 6.92 Å². The number of hydrogen-bond acceptors (Lipinski definition) is 4. The average Bonchev–Trinajstić information content (AvgIpc) is 2.56. The van der Waals surface area contributed by atoms with Crippen LogP contribution in [0.1, 0.15) is 6.92 Å². The minimum Gasteiger partial charge on any atom is -0.351 e. The molecule has 22 heavy (non-hydrogen) atoms. The normalized spacial score (nSPS) is 15.9. The average molecular weight is 313 g/mol. The van der Waals surface area contributed by atoms with Gasteiger partial charge in [-0.25, -0.2) is 0 Å². The number of carbonyl (C=O) groups is 1. The molecular formula is C17H19N3OS. The molecule has 0 spiro atoms. The molecule has 1 N–H and O–H groups in total. The highest BCUT2D eigenvalue weighted by atomic mass is 32.2. The molecule has 1 heterocycles. The first-order chi connectivity index (χ1) is 10.8. The fraction of sp³-hybridized carbons (Fsp3) is 0.294. The third-order valence-corrected chi connectivity index (χ3v) is 4.64. The van der Waals surface area contributed by atoms with Crippen LogP contribution in [0.5, 0.6) is 0 Å². The van der Waals surface area contributed by atoms with E-state index < -0.39 is 0 Å². The molecule has 0 radical (unpaired) electrons. The zero-order valence-corrected chi connectivity index (χ0v) is 13.4. The Morgan fingerprint density at radius 2 is 1.86 bits per heavy atom. The minimum atomic E-state index is -0.000336. The quantitative estimate of drug-likeness (QED) is 0.537. The summed E-state index contributed by atoms with van der Waals surface area (Å²) in [5, 5.41) is 6.66. The largest absolute Gasteiger partial charge is 0.351 e. The van der Waals surface area contributed by atoms with Crippen LogP contribution in [-0.4, -0.2) is 41.1 Å². The molecule has 0 aliphatic carbocycles. The molecule has 4 nitrogen and oxygen atoms in total. The van der Waals surface area contributed by atoms with Crippen LogP contribution in [0.4, 0.5) is 5.69 Å². The molecule has 1 aliphatic heterocycles. The molecule has 1 saturated heterocycles. The summed E-state index contributed by atoms with van der Waals surface area (Å²) in [4.78, 5) is 14.0. The molecule has 114 valence electrons. The topological polar surface area (TPSA) is 44.7 Å². The number of thioether (sulfide) groups is 1. The molecule has 0 unspecified atom stereocenters. The summed E-state index contributed by atoms with van der Waals surface area (Å²) in [6, 6.07) is 14.2. The molecule has 3 rings (SSSR count). The van der Waals surface area contributed by atoms with Gasteiger partial charge in [0.1, 0.15) is 0 Å². The van der Waals surface area contributed by atoms with Gasteiger partial charge < -0.3 is 4.90 Å². The third kappa shape index (κ3) is 3.25. The van der Waals surface area contributed by atoms with Crippen LogP contribution in [0.15, 0.2) is 47.6 Å². The van der Waals surface area contributed by atoms with Crippen LogP contribution < -0.4 is 5.43 Å². The van der Waals surface area contributed by atoms with Crippen LogP contribution in [-0.2, 0) is 4.79 Å². The van der Waals surface area contributed by atoms with Crippen molar-refractivity contribution in [3.8, 4) is 0 Å². The molecule has 2 aromatic carbocycles. The van der Waals surface area contributed by atoms with E-state index in [4.69, 9.17) is 0 Å². The van der Waals surface area contributed by atoms with Crippen molar-refractivity contribution in [2.24, 2.45) is 5.10 Å². The Labute approximate surface area is 134 Å². The number of benzene rings is 2. The van der Waals surface area contributed by atoms with E-state index in [2.05, 4.69) is 33.6 Å². The Hall–Kier alpha value is -2.01. The lowest BCUT2D eigenvalue weighted by Crippen LogP contribution is -2.41. The number of anilines is 1. The van der Waals surface area contributed by atoms with Crippen molar-refractivity contribution in [3.05, 3.63) is 42.5 Å². The molecule has 0 aromatic heterocycles. The molecule has 0 atom stereocenters. The van der Waals surface area contributed by atoms with Crippen LogP contribution in [0.3, 0.4) is 0 Å². The highest BCUT2D eigenvalue weighted by molar-refractivity contribution is 7.99. The smallest absolute Gasteiger partial charge is 0.196 e. The molecule has 2 aromatic rings. The number of amidine groups is 1. The van der Waals surface area contributed by atoms with Crippen molar-refractivity contribution in [2.75, 3.05) is 30.0 Å². The highest BCUT2D eigenvalue weighted by Crippen LogP contribution is 2.23. The number of fused-ring (bicyclic) bond motifs is 1. The Kier molecular flexibility index (Phi) is 4.63. The van der Waals surface area contributed by atoms with Gasteiger partial charge in [-0.05, 0) is 11.5 Å². The fourth-order valence-electron chi connectivity index (χ4n) is 2.58. The molecule has 1 fully saturated rings. The Balaban J connectivity index is 1.87. The summed E-state index contributed by atoms with van der Waals surface area (Å²) in [5.41, 5.74) is 4.00. The number of nitrogens with zero attached hydrogens (tertiary/aromatic N) is 2. The Bertz CT molecular complexity index is 703. The van der Waals surface area contributed by atoms with Crippen molar-refractivity contribution in [1.82, 2.24) is 4.90 Å². The van der Waals surface area contributed by atoms with E-state index in [1.54, 1.807) is 6.92 Å². The van der Waals surface area contributed by atoms with Gasteiger partial charge in [0, 0.05) is 36.9 Å². The summed E-state index contributed by atoms with van der Waals surface area (Å²) < 4.78 is 0. The number of ketones is 1. The number of rotatable bonds is 3. The summed E-state index contributed by atoms with van der Waals surface area (Å²) >= 11 is 1.92. The second kappa shape index (κ2) is 6.83. The molecule has 0 amide bonds. The maximum atomic E-state index is 11.9. The van der Waals surface area contributed by atoms with Gasteiger partial charge in [-0.3, -0.25) is 10.2 Å². The van der Waals surface area contributed by atoms with Crippen molar-refractivity contribution in [3.63, 3.8) is 0 Å². The highest BCUT2D eigenvalue weighted by Gasteiger charge is 2.18. The lowest BCUT2D eigenvalue weighted by molar-refractivity contribution is -0.111. The second-order valence-electron chi connectivity index (χ2n) is 5.23. The summed E-state index contributed by atoms with van der Waals surface area (Å²) in [7, 11) is 0. The van der Waals surface area contributed by atoms with Gasteiger partial charge in [0.05, 0.1) is 5.69 Å². The van der Waals surface area contributed by atoms with Crippen molar-refractivity contribution < 1.29 is 4.79 Å². The first-order valence-electron chi connectivity index (χ1n) is 7.41. The third-order valence-electron chi connectivity index (χ3n) is 3.70. The van der Waals surface area contributed by atoms with Crippen molar-refractivity contribution >= 4 is 39.8 Å². The van der Waals surface area contributed by atoms with Crippen LogP contribution >= 0.6 is 11.8 Å². The minimum absolute atomic E-state index is 0.000336. The molecule has 0 bridgehead atoms.